The van der Waals surface area contributed by atoms with Gasteiger partial charge in [0.1, 0.15) is 12.4 Å². The van der Waals surface area contributed by atoms with Gasteiger partial charge in [-0.25, -0.2) is 8.78 Å². The van der Waals surface area contributed by atoms with E-state index < -0.39 is 13.0 Å². The molecule has 0 unspecified atom stereocenters. The van der Waals surface area contributed by atoms with Crippen molar-refractivity contribution in [2.45, 2.75) is 32.6 Å². The van der Waals surface area contributed by atoms with Crippen LogP contribution in [0.3, 0.4) is 0 Å². The number of pyridine rings is 1. The Labute approximate surface area is 88.3 Å². The molecule has 0 spiro atoms. The SMILES string of the molecule is CC(C)(C)c1ccc(OCC(F)F)cn1. The number of aromatic nitrogens is 1. The Bertz CT molecular complexity index is 303. The third-order valence-electron chi connectivity index (χ3n) is 1.88. The van der Waals surface area contributed by atoms with Gasteiger partial charge in [0.2, 0.25) is 0 Å². The van der Waals surface area contributed by atoms with E-state index in [0.29, 0.717) is 5.75 Å². The Kier molecular flexibility index (Phi) is 3.61. The highest BCUT2D eigenvalue weighted by molar-refractivity contribution is 5.23. The minimum absolute atomic E-state index is 0.0404. The van der Waals surface area contributed by atoms with Gasteiger partial charge in [0, 0.05) is 11.1 Å². The minimum Gasteiger partial charge on any atom is -0.486 e. The van der Waals surface area contributed by atoms with Crippen LogP contribution in [0.15, 0.2) is 18.3 Å². The Morgan fingerprint density at radius 1 is 1.33 bits per heavy atom. The molecule has 0 N–H and O–H groups in total. The first kappa shape index (κ1) is 11.9. The summed E-state index contributed by atoms with van der Waals surface area (Å²) >= 11 is 0. The van der Waals surface area contributed by atoms with Gasteiger partial charge in [-0.15, -0.1) is 0 Å². The molecule has 0 amide bonds. The van der Waals surface area contributed by atoms with E-state index in [1.54, 1.807) is 12.1 Å². The van der Waals surface area contributed by atoms with Crippen LogP contribution < -0.4 is 4.74 Å². The number of alkyl halides is 2. The maximum Gasteiger partial charge on any atom is 0.272 e. The van der Waals surface area contributed by atoms with E-state index in [4.69, 9.17) is 4.74 Å². The number of rotatable bonds is 3. The van der Waals surface area contributed by atoms with E-state index in [1.165, 1.54) is 6.20 Å². The van der Waals surface area contributed by atoms with Crippen LogP contribution in [0.2, 0.25) is 0 Å². The van der Waals surface area contributed by atoms with Crippen molar-refractivity contribution in [3.05, 3.63) is 24.0 Å². The fraction of sp³-hybridized carbons (Fsp3) is 0.545. The average molecular weight is 215 g/mol. The van der Waals surface area contributed by atoms with Crippen LogP contribution in [-0.4, -0.2) is 18.0 Å². The molecular weight excluding hydrogens is 200 g/mol. The average Bonchev–Trinajstić information content (AvgIpc) is 2.14. The number of hydrogen-bond donors (Lipinski definition) is 0. The molecule has 0 saturated heterocycles. The zero-order valence-corrected chi connectivity index (χ0v) is 9.13. The van der Waals surface area contributed by atoms with E-state index in [2.05, 4.69) is 4.98 Å². The fourth-order valence-corrected chi connectivity index (χ4v) is 1.07. The van der Waals surface area contributed by atoms with Crippen molar-refractivity contribution in [1.29, 1.82) is 0 Å². The maximum absolute atomic E-state index is 11.8. The summed E-state index contributed by atoms with van der Waals surface area (Å²) < 4.78 is 28.5. The Hall–Kier alpha value is -1.19. The molecule has 0 aromatic carbocycles. The number of ether oxygens (including phenoxy) is 1. The molecule has 0 atom stereocenters. The molecule has 1 rings (SSSR count). The quantitative estimate of drug-likeness (QED) is 0.773. The van der Waals surface area contributed by atoms with Crippen LogP contribution >= 0.6 is 0 Å². The van der Waals surface area contributed by atoms with Crippen LogP contribution in [0.1, 0.15) is 26.5 Å². The Balaban J connectivity index is 2.65. The highest BCUT2D eigenvalue weighted by Gasteiger charge is 2.15. The largest absolute Gasteiger partial charge is 0.486 e. The van der Waals surface area contributed by atoms with Gasteiger partial charge in [-0.2, -0.15) is 0 Å². The molecule has 0 aliphatic carbocycles. The molecule has 4 heteroatoms. The first-order valence-electron chi connectivity index (χ1n) is 4.77. The molecule has 1 aromatic heterocycles. The molecule has 0 radical (unpaired) electrons. The lowest BCUT2D eigenvalue weighted by Crippen LogP contribution is -2.13. The summed E-state index contributed by atoms with van der Waals surface area (Å²) in [5.74, 6) is 0.378. The van der Waals surface area contributed by atoms with Crippen molar-refractivity contribution >= 4 is 0 Å². The van der Waals surface area contributed by atoms with Gasteiger partial charge in [-0.05, 0) is 12.1 Å². The zero-order chi connectivity index (χ0) is 11.5. The van der Waals surface area contributed by atoms with Gasteiger partial charge in [-0.1, -0.05) is 20.8 Å². The Morgan fingerprint density at radius 2 is 2.00 bits per heavy atom. The van der Waals surface area contributed by atoms with E-state index in [9.17, 15) is 8.78 Å². The molecule has 2 nitrogen and oxygen atoms in total. The first-order valence-corrected chi connectivity index (χ1v) is 4.77. The minimum atomic E-state index is -2.45. The summed E-state index contributed by atoms with van der Waals surface area (Å²) in [4.78, 5) is 4.16. The van der Waals surface area contributed by atoms with Crippen molar-refractivity contribution < 1.29 is 13.5 Å². The third-order valence-corrected chi connectivity index (χ3v) is 1.88. The van der Waals surface area contributed by atoms with Crippen LogP contribution in [0.4, 0.5) is 8.78 Å². The Morgan fingerprint density at radius 3 is 2.40 bits per heavy atom. The summed E-state index contributed by atoms with van der Waals surface area (Å²) in [5, 5.41) is 0. The van der Waals surface area contributed by atoms with Gasteiger partial charge in [0.05, 0.1) is 6.20 Å². The normalized spacial score (nSPS) is 11.9. The van der Waals surface area contributed by atoms with Gasteiger partial charge >= 0.3 is 0 Å². The second-order valence-electron chi connectivity index (χ2n) is 4.33. The molecule has 1 heterocycles. The molecule has 15 heavy (non-hydrogen) atoms. The molecule has 84 valence electrons. The van der Waals surface area contributed by atoms with Crippen molar-refractivity contribution in [3.8, 4) is 5.75 Å². The molecule has 0 saturated carbocycles. The van der Waals surface area contributed by atoms with Crippen LogP contribution in [0, 0.1) is 0 Å². The second kappa shape index (κ2) is 4.55. The molecule has 1 aromatic rings. The van der Waals surface area contributed by atoms with E-state index in [0.717, 1.165) is 5.69 Å². The summed E-state index contributed by atoms with van der Waals surface area (Å²) in [7, 11) is 0. The highest BCUT2D eigenvalue weighted by atomic mass is 19.3. The van der Waals surface area contributed by atoms with Gasteiger partial charge < -0.3 is 4.74 Å². The van der Waals surface area contributed by atoms with E-state index >= 15 is 0 Å². The number of nitrogens with zero attached hydrogens (tertiary/aromatic N) is 1. The molecule has 0 bridgehead atoms. The van der Waals surface area contributed by atoms with Crippen LogP contribution in [-0.2, 0) is 5.41 Å². The second-order valence-corrected chi connectivity index (χ2v) is 4.33. The smallest absolute Gasteiger partial charge is 0.272 e. The lowest BCUT2D eigenvalue weighted by atomic mass is 9.92. The van der Waals surface area contributed by atoms with Crippen LogP contribution in [0.5, 0.6) is 5.75 Å². The zero-order valence-electron chi connectivity index (χ0n) is 9.13. The van der Waals surface area contributed by atoms with Gasteiger partial charge in [-0.3, -0.25) is 4.98 Å². The summed E-state index contributed by atoms with van der Waals surface area (Å²) in [6.45, 7) is 5.52. The van der Waals surface area contributed by atoms with E-state index in [1.807, 2.05) is 20.8 Å². The number of halogens is 2. The van der Waals surface area contributed by atoms with Crippen molar-refractivity contribution in [3.63, 3.8) is 0 Å². The predicted molar refractivity (Wildman–Crippen MR) is 54.4 cm³/mol. The highest BCUT2D eigenvalue weighted by Crippen LogP contribution is 2.21. The predicted octanol–water partition coefficient (Wildman–Crippen LogP) is 3.02. The van der Waals surface area contributed by atoms with Gasteiger partial charge in [0.25, 0.3) is 6.43 Å². The summed E-state index contributed by atoms with van der Waals surface area (Å²) in [5.41, 5.74) is 0.869. The maximum atomic E-state index is 11.8. The molecule has 0 aliphatic heterocycles. The van der Waals surface area contributed by atoms with Crippen LogP contribution in [0.25, 0.3) is 0 Å². The van der Waals surface area contributed by atoms with Crippen molar-refractivity contribution in [2.75, 3.05) is 6.61 Å². The lowest BCUT2D eigenvalue weighted by molar-refractivity contribution is 0.0817. The topological polar surface area (TPSA) is 22.1 Å². The monoisotopic (exact) mass is 215 g/mol. The first-order chi connectivity index (χ1) is 6.89. The molecule has 0 aliphatic rings. The van der Waals surface area contributed by atoms with E-state index in [-0.39, 0.29) is 5.41 Å². The third kappa shape index (κ3) is 3.81. The van der Waals surface area contributed by atoms with Crippen molar-refractivity contribution in [1.82, 2.24) is 4.98 Å². The lowest BCUT2D eigenvalue weighted by Gasteiger charge is -2.17. The standard InChI is InChI=1S/C11H15F2NO/c1-11(2,3)9-5-4-8(6-14-9)15-7-10(12)13/h4-6,10H,7H2,1-3H3. The number of hydrogen-bond acceptors (Lipinski definition) is 2. The van der Waals surface area contributed by atoms with Gasteiger partial charge in [0.15, 0.2) is 0 Å². The molecule has 0 fully saturated rings. The van der Waals surface area contributed by atoms with Crippen molar-refractivity contribution in [2.24, 2.45) is 0 Å². The summed E-state index contributed by atoms with van der Waals surface area (Å²) in [6, 6.07) is 3.46. The fourth-order valence-electron chi connectivity index (χ4n) is 1.07. The molecular formula is C11H15F2NO. The summed E-state index contributed by atoms with van der Waals surface area (Å²) in [6.07, 6.45) is -0.976.